The van der Waals surface area contributed by atoms with Crippen LogP contribution in [0.15, 0.2) is 52.2 Å². The van der Waals surface area contributed by atoms with Crippen molar-refractivity contribution in [1.29, 1.82) is 0 Å². The summed E-state index contributed by atoms with van der Waals surface area (Å²) >= 11 is 15.1. The lowest BCUT2D eigenvalue weighted by Gasteiger charge is -2.12. The summed E-state index contributed by atoms with van der Waals surface area (Å²) < 4.78 is 25.8. The van der Waals surface area contributed by atoms with Crippen LogP contribution in [0.4, 0.5) is 4.39 Å². The first-order valence-electron chi connectivity index (χ1n) is 9.19. The highest BCUT2D eigenvalue weighted by molar-refractivity contribution is 9.10. The molecule has 0 spiro atoms. The number of imidazole rings is 1. The number of aromatic nitrogens is 3. The van der Waals surface area contributed by atoms with E-state index in [0.29, 0.717) is 27.8 Å². The van der Waals surface area contributed by atoms with E-state index in [9.17, 15) is 4.39 Å². The molecule has 0 radical (unpaired) electrons. The maximum atomic E-state index is 13.9. The number of nitrogens with one attached hydrogen (secondary N) is 1. The second kappa shape index (κ2) is 9.38. The van der Waals surface area contributed by atoms with Crippen molar-refractivity contribution in [3.63, 3.8) is 0 Å². The number of nitrogens with zero attached hydrogens (tertiary/aromatic N) is 3. The summed E-state index contributed by atoms with van der Waals surface area (Å²) in [6.45, 7) is 0.481. The van der Waals surface area contributed by atoms with Crippen LogP contribution in [0, 0.1) is 5.82 Å². The van der Waals surface area contributed by atoms with Crippen LogP contribution in [-0.2, 0) is 6.61 Å². The molecular formula is C21H16BrCl2FN4O2. The summed E-state index contributed by atoms with van der Waals surface area (Å²) in [7, 11) is 1.56. The van der Waals surface area contributed by atoms with Gasteiger partial charge in [0.15, 0.2) is 0 Å². The molecule has 1 atom stereocenters. The summed E-state index contributed by atoms with van der Waals surface area (Å²) in [5.74, 6) is 1.32. The number of ether oxygens (including phenoxy) is 2. The molecule has 0 bridgehead atoms. The topological polar surface area (TPSA) is 72.4 Å². The monoisotopic (exact) mass is 524 g/mol. The maximum Gasteiger partial charge on any atom is 0.149 e. The smallest absolute Gasteiger partial charge is 0.149 e. The van der Waals surface area contributed by atoms with Crippen LogP contribution in [-0.4, -0.2) is 33.8 Å². The minimum atomic E-state index is -0.521. The summed E-state index contributed by atoms with van der Waals surface area (Å²) in [5, 5.41) is 0.712. The molecule has 3 aromatic rings. The molecule has 31 heavy (non-hydrogen) atoms. The third-order valence-electron chi connectivity index (χ3n) is 4.64. The van der Waals surface area contributed by atoms with Crippen LogP contribution in [0.5, 0.6) is 11.5 Å². The largest absolute Gasteiger partial charge is 0.496 e. The number of hydrogen-bond acceptors (Lipinski definition) is 5. The van der Waals surface area contributed by atoms with Gasteiger partial charge in [0.05, 0.1) is 30.3 Å². The number of rotatable bonds is 6. The number of methoxy groups -OCH3 is 1. The molecule has 0 saturated carbocycles. The fourth-order valence-electron chi connectivity index (χ4n) is 3.06. The summed E-state index contributed by atoms with van der Waals surface area (Å²) in [4.78, 5) is 16.1. The van der Waals surface area contributed by atoms with Gasteiger partial charge in [-0.05, 0) is 40.2 Å². The van der Waals surface area contributed by atoms with Gasteiger partial charge in [0.2, 0.25) is 0 Å². The van der Waals surface area contributed by atoms with E-state index in [4.69, 9.17) is 32.7 Å². The third kappa shape index (κ3) is 4.92. The Bertz CT molecular complexity index is 1180. The van der Waals surface area contributed by atoms with Crippen molar-refractivity contribution in [3.05, 3.63) is 69.6 Å². The number of hydrogen-bond donors (Lipinski definition) is 1. The zero-order valence-electron chi connectivity index (χ0n) is 16.2. The summed E-state index contributed by atoms with van der Waals surface area (Å²) in [6, 6.07) is 6.53. The van der Waals surface area contributed by atoms with Gasteiger partial charge in [-0.3, -0.25) is 9.98 Å². The summed E-state index contributed by atoms with van der Waals surface area (Å²) in [5.41, 5.74) is 1.71. The first kappa shape index (κ1) is 21.8. The van der Waals surface area contributed by atoms with Gasteiger partial charge in [-0.1, -0.05) is 29.3 Å². The van der Waals surface area contributed by atoms with Crippen molar-refractivity contribution in [2.24, 2.45) is 4.99 Å². The molecular weight excluding hydrogens is 510 g/mol. The first-order chi connectivity index (χ1) is 14.9. The van der Waals surface area contributed by atoms with Gasteiger partial charge >= 0.3 is 0 Å². The quantitative estimate of drug-likeness (QED) is 0.434. The molecule has 1 aliphatic rings. The Morgan fingerprint density at radius 1 is 1.29 bits per heavy atom. The van der Waals surface area contributed by atoms with Crippen LogP contribution < -0.4 is 9.47 Å². The molecule has 1 N–H and O–H groups in total. The van der Waals surface area contributed by atoms with Crippen molar-refractivity contribution in [2.75, 3.05) is 13.7 Å². The Morgan fingerprint density at radius 2 is 2.13 bits per heavy atom. The van der Waals surface area contributed by atoms with E-state index in [0.717, 1.165) is 17.1 Å². The van der Waals surface area contributed by atoms with E-state index in [1.807, 2.05) is 12.1 Å². The van der Waals surface area contributed by atoms with Gasteiger partial charge < -0.3 is 14.5 Å². The fraction of sp³-hybridized carbons (Fsp3) is 0.190. The Hall–Kier alpha value is -2.42. The van der Waals surface area contributed by atoms with Crippen LogP contribution in [0.3, 0.4) is 0 Å². The minimum absolute atomic E-state index is 0.00271. The lowest BCUT2D eigenvalue weighted by molar-refractivity contribution is 0.292. The molecule has 160 valence electrons. The molecule has 3 heterocycles. The van der Waals surface area contributed by atoms with Crippen molar-refractivity contribution in [1.82, 2.24) is 15.0 Å². The van der Waals surface area contributed by atoms with Crippen LogP contribution in [0.1, 0.15) is 17.4 Å². The zero-order chi connectivity index (χ0) is 22.0. The van der Waals surface area contributed by atoms with Gasteiger partial charge in [-0.2, -0.15) is 0 Å². The maximum absolute atomic E-state index is 13.9. The second-order valence-corrected chi connectivity index (χ2v) is 8.22. The average Bonchev–Trinajstić information content (AvgIpc) is 3.14. The highest BCUT2D eigenvalue weighted by Crippen LogP contribution is 2.37. The van der Waals surface area contributed by atoms with Crippen LogP contribution in [0.25, 0.3) is 11.3 Å². The minimum Gasteiger partial charge on any atom is -0.496 e. The Labute approximate surface area is 196 Å². The standard InChI is InChI=1S/C21H16BrCl2FN4O2/c1-30-17-7-13(31-10-16-15(25)6-12(23)9-26-16)3-4-14(17)19-20(22)29-21(28-19)11-2-5-18(24)27-8-11/h2-7,9,11H,8,10H2,1H3,(H,28,29). The van der Waals surface area contributed by atoms with E-state index in [1.54, 1.807) is 25.3 Å². The normalized spacial score (nSPS) is 15.6. The predicted molar refractivity (Wildman–Crippen MR) is 122 cm³/mol. The lowest BCUT2D eigenvalue weighted by Crippen LogP contribution is -2.07. The predicted octanol–water partition coefficient (Wildman–Crippen LogP) is 5.91. The Kier molecular flexibility index (Phi) is 6.60. The van der Waals surface area contributed by atoms with E-state index in [2.05, 4.69) is 35.9 Å². The average molecular weight is 526 g/mol. The number of aromatic amines is 1. The van der Waals surface area contributed by atoms with E-state index >= 15 is 0 Å². The lowest BCUT2D eigenvalue weighted by atomic mass is 10.1. The van der Waals surface area contributed by atoms with Gasteiger partial charge in [0, 0.05) is 17.8 Å². The van der Waals surface area contributed by atoms with E-state index in [1.165, 1.54) is 12.3 Å². The molecule has 2 aromatic heterocycles. The zero-order valence-corrected chi connectivity index (χ0v) is 19.3. The Balaban J connectivity index is 1.55. The summed E-state index contributed by atoms with van der Waals surface area (Å²) in [6.07, 6.45) is 5.10. The van der Waals surface area contributed by atoms with Gasteiger partial charge in [-0.25, -0.2) is 9.37 Å². The molecule has 1 aliphatic heterocycles. The van der Waals surface area contributed by atoms with Crippen molar-refractivity contribution in [2.45, 2.75) is 12.5 Å². The number of H-pyrrole nitrogens is 1. The highest BCUT2D eigenvalue weighted by Gasteiger charge is 2.20. The number of halogens is 4. The van der Waals surface area contributed by atoms with Gasteiger partial charge in [0.25, 0.3) is 0 Å². The third-order valence-corrected chi connectivity index (χ3v) is 5.66. The molecule has 0 amide bonds. The SMILES string of the molecule is COc1cc(OCc2ncc(Cl)cc2F)ccc1-c1[nH]c(C2C=CC(Cl)=NC2)nc1Br. The number of allylic oxidation sites excluding steroid dienone is 1. The number of pyridine rings is 1. The van der Waals surface area contributed by atoms with E-state index < -0.39 is 5.82 Å². The number of aliphatic imine (C=N–C) groups is 1. The highest BCUT2D eigenvalue weighted by atomic mass is 79.9. The molecule has 10 heteroatoms. The van der Waals surface area contributed by atoms with Gasteiger partial charge in [-0.15, -0.1) is 0 Å². The Morgan fingerprint density at radius 3 is 2.84 bits per heavy atom. The molecule has 1 unspecified atom stereocenters. The van der Waals surface area contributed by atoms with Crippen LogP contribution in [0.2, 0.25) is 5.02 Å². The molecule has 6 nitrogen and oxygen atoms in total. The fourth-order valence-corrected chi connectivity index (χ4v) is 3.85. The van der Waals surface area contributed by atoms with Gasteiger partial charge in [0.1, 0.15) is 45.2 Å². The van der Waals surface area contributed by atoms with Crippen molar-refractivity contribution in [3.8, 4) is 22.8 Å². The molecule has 0 saturated heterocycles. The van der Waals surface area contributed by atoms with E-state index in [-0.39, 0.29) is 23.2 Å². The molecule has 4 rings (SSSR count). The van der Waals surface area contributed by atoms with Crippen molar-refractivity contribution < 1.29 is 13.9 Å². The van der Waals surface area contributed by atoms with Crippen LogP contribution >= 0.6 is 39.1 Å². The molecule has 0 aliphatic carbocycles. The number of dihydropyridines is 1. The molecule has 0 fully saturated rings. The second-order valence-electron chi connectivity index (χ2n) is 6.65. The van der Waals surface area contributed by atoms with Crippen molar-refractivity contribution >= 4 is 44.3 Å². The number of benzene rings is 1. The molecule has 1 aromatic carbocycles. The first-order valence-corrected chi connectivity index (χ1v) is 10.7.